The Hall–Kier alpha value is -1.93. The summed E-state index contributed by atoms with van der Waals surface area (Å²) in [5.74, 6) is 0.0293. The van der Waals surface area contributed by atoms with Crippen LogP contribution in [-0.4, -0.2) is 35.5 Å². The summed E-state index contributed by atoms with van der Waals surface area (Å²) in [6.07, 6.45) is 4.38. The zero-order valence-corrected chi connectivity index (χ0v) is 16.9. The van der Waals surface area contributed by atoms with Gasteiger partial charge in [-0.2, -0.15) is 0 Å². The summed E-state index contributed by atoms with van der Waals surface area (Å²) >= 11 is 1.23. The van der Waals surface area contributed by atoms with E-state index in [0.29, 0.717) is 17.9 Å². The van der Waals surface area contributed by atoms with Gasteiger partial charge in [-0.05, 0) is 44.0 Å². The van der Waals surface area contributed by atoms with Crippen LogP contribution in [0, 0.1) is 6.92 Å². The minimum absolute atomic E-state index is 0.0304. The first-order valence-corrected chi connectivity index (χ1v) is 11.6. The van der Waals surface area contributed by atoms with Crippen molar-refractivity contribution in [1.82, 2.24) is 10.2 Å². The first-order valence-electron chi connectivity index (χ1n) is 9.02. The highest BCUT2D eigenvalue weighted by Gasteiger charge is 2.30. The molecule has 3 rings (SSSR count). The Labute approximate surface area is 164 Å². The second-order valence-corrected chi connectivity index (χ2v) is 9.89. The quantitative estimate of drug-likeness (QED) is 0.739. The molecule has 8 heteroatoms. The summed E-state index contributed by atoms with van der Waals surface area (Å²) in [6, 6.07) is 10.7. The lowest BCUT2D eigenvalue weighted by Crippen LogP contribution is -2.25. The molecular formula is C19H23N3O3S2. The predicted molar refractivity (Wildman–Crippen MR) is 107 cm³/mol. The maximum atomic E-state index is 12.6. The maximum Gasteiger partial charge on any atom is 0.234 e. The highest BCUT2D eigenvalue weighted by molar-refractivity contribution is 7.99. The van der Waals surface area contributed by atoms with Gasteiger partial charge in [-0.25, -0.2) is 8.42 Å². The molecule has 0 saturated heterocycles. The van der Waals surface area contributed by atoms with E-state index in [2.05, 4.69) is 15.5 Å². The Bertz CT molecular complexity index is 875. The Kier molecular flexibility index (Phi) is 6.49. The molecule has 0 unspecified atom stereocenters. The number of nitrogens with one attached hydrogen (secondary N) is 1. The predicted octanol–water partition coefficient (Wildman–Crippen LogP) is 3.62. The van der Waals surface area contributed by atoms with Gasteiger partial charge in [0.05, 0.1) is 11.0 Å². The highest BCUT2D eigenvalue weighted by atomic mass is 32.2. The topological polar surface area (TPSA) is 89.0 Å². The summed E-state index contributed by atoms with van der Waals surface area (Å²) in [5.41, 5.74) is 1.87. The molecule has 2 aromatic rings. The van der Waals surface area contributed by atoms with E-state index in [9.17, 15) is 13.2 Å². The standard InChI is InChI=1S/C19H23N3O3S2/c1-14-7-9-15(10-8-14)20-17(23)13-26-18-11-12-19(22-21-18)27(24,25)16-5-3-2-4-6-16/h7-12,16H,2-6,13H2,1H3,(H,20,23). The smallest absolute Gasteiger partial charge is 0.234 e. The molecular weight excluding hydrogens is 382 g/mol. The highest BCUT2D eigenvalue weighted by Crippen LogP contribution is 2.28. The molecule has 0 bridgehead atoms. The minimum atomic E-state index is -3.42. The van der Waals surface area contributed by atoms with Crippen LogP contribution in [0.5, 0.6) is 0 Å². The van der Waals surface area contributed by atoms with Gasteiger partial charge in [-0.3, -0.25) is 4.79 Å². The molecule has 0 spiro atoms. The number of aryl methyl sites for hydroxylation is 1. The molecule has 1 aromatic carbocycles. The number of hydrogen-bond acceptors (Lipinski definition) is 6. The van der Waals surface area contributed by atoms with Crippen LogP contribution in [0.15, 0.2) is 46.5 Å². The van der Waals surface area contributed by atoms with Crippen LogP contribution in [-0.2, 0) is 14.6 Å². The minimum Gasteiger partial charge on any atom is -0.325 e. The second-order valence-electron chi connectivity index (χ2n) is 6.72. The van der Waals surface area contributed by atoms with E-state index in [1.165, 1.54) is 17.8 Å². The Morgan fingerprint density at radius 1 is 1.07 bits per heavy atom. The van der Waals surface area contributed by atoms with Crippen molar-refractivity contribution in [3.05, 3.63) is 42.0 Å². The normalized spacial score (nSPS) is 15.4. The van der Waals surface area contributed by atoms with Crippen LogP contribution in [0.1, 0.15) is 37.7 Å². The van der Waals surface area contributed by atoms with Gasteiger partial charge in [0.1, 0.15) is 5.03 Å². The van der Waals surface area contributed by atoms with Crippen molar-refractivity contribution in [3.8, 4) is 0 Å². The first-order chi connectivity index (χ1) is 12.9. The first kappa shape index (κ1) is 19.8. The fourth-order valence-corrected chi connectivity index (χ4v) is 5.38. The van der Waals surface area contributed by atoms with E-state index in [0.717, 1.165) is 30.5 Å². The molecule has 6 nitrogen and oxygen atoms in total. The largest absolute Gasteiger partial charge is 0.325 e. The number of carbonyl (C=O) groups is 1. The lowest BCUT2D eigenvalue weighted by molar-refractivity contribution is -0.113. The average molecular weight is 406 g/mol. The number of rotatable bonds is 6. The van der Waals surface area contributed by atoms with Crippen LogP contribution in [0.4, 0.5) is 5.69 Å². The Balaban J connectivity index is 1.55. The third kappa shape index (κ3) is 5.29. The molecule has 1 aliphatic carbocycles. The van der Waals surface area contributed by atoms with Crippen LogP contribution < -0.4 is 5.32 Å². The number of sulfone groups is 1. The second kappa shape index (κ2) is 8.84. The van der Waals surface area contributed by atoms with Gasteiger partial charge in [0.2, 0.25) is 5.91 Å². The summed E-state index contributed by atoms with van der Waals surface area (Å²) in [4.78, 5) is 12.0. The van der Waals surface area contributed by atoms with E-state index < -0.39 is 9.84 Å². The lowest BCUT2D eigenvalue weighted by atomic mass is 10.0. The van der Waals surface area contributed by atoms with Crippen molar-refractivity contribution in [3.63, 3.8) is 0 Å². The molecule has 1 fully saturated rings. The number of amides is 1. The van der Waals surface area contributed by atoms with E-state index in [1.807, 2.05) is 31.2 Å². The third-order valence-corrected chi connectivity index (χ3v) is 7.65. The number of hydrogen-bond donors (Lipinski definition) is 1. The van der Waals surface area contributed by atoms with Gasteiger partial charge in [0, 0.05) is 5.69 Å². The van der Waals surface area contributed by atoms with Crippen LogP contribution >= 0.6 is 11.8 Å². The molecule has 144 valence electrons. The van der Waals surface area contributed by atoms with Crippen molar-refractivity contribution in [2.45, 2.75) is 54.3 Å². The fourth-order valence-electron chi connectivity index (χ4n) is 3.06. The maximum absolute atomic E-state index is 12.6. The van der Waals surface area contributed by atoms with E-state index in [1.54, 1.807) is 6.07 Å². The van der Waals surface area contributed by atoms with E-state index in [-0.39, 0.29) is 21.9 Å². The number of carbonyl (C=O) groups excluding carboxylic acids is 1. The van der Waals surface area contributed by atoms with Crippen LogP contribution in [0.2, 0.25) is 0 Å². The molecule has 1 amide bonds. The van der Waals surface area contributed by atoms with Gasteiger partial charge < -0.3 is 5.32 Å². The third-order valence-electron chi connectivity index (χ3n) is 4.58. The van der Waals surface area contributed by atoms with Crippen molar-refractivity contribution in [2.75, 3.05) is 11.1 Å². The Morgan fingerprint density at radius 3 is 2.41 bits per heavy atom. The van der Waals surface area contributed by atoms with Crippen molar-refractivity contribution >= 4 is 33.2 Å². The summed E-state index contributed by atoms with van der Waals surface area (Å²) in [5, 5.41) is 10.9. The summed E-state index contributed by atoms with van der Waals surface area (Å²) in [7, 11) is -3.42. The zero-order valence-electron chi connectivity index (χ0n) is 15.2. The number of aromatic nitrogens is 2. The van der Waals surface area contributed by atoms with Gasteiger partial charge in [-0.15, -0.1) is 10.2 Å². The fraction of sp³-hybridized carbons (Fsp3) is 0.421. The van der Waals surface area contributed by atoms with Crippen molar-refractivity contribution < 1.29 is 13.2 Å². The van der Waals surface area contributed by atoms with Gasteiger partial charge in [0.15, 0.2) is 14.9 Å². The summed E-state index contributed by atoms with van der Waals surface area (Å²) < 4.78 is 25.2. The molecule has 1 N–H and O–H groups in total. The lowest BCUT2D eigenvalue weighted by Gasteiger charge is -2.20. The van der Waals surface area contributed by atoms with E-state index in [4.69, 9.17) is 0 Å². The molecule has 1 aromatic heterocycles. The molecule has 0 aliphatic heterocycles. The van der Waals surface area contributed by atoms with Crippen molar-refractivity contribution in [1.29, 1.82) is 0 Å². The van der Waals surface area contributed by atoms with Crippen molar-refractivity contribution in [2.24, 2.45) is 0 Å². The van der Waals surface area contributed by atoms with Gasteiger partial charge in [0.25, 0.3) is 0 Å². The molecule has 27 heavy (non-hydrogen) atoms. The average Bonchev–Trinajstić information content (AvgIpc) is 2.69. The molecule has 0 atom stereocenters. The molecule has 1 heterocycles. The van der Waals surface area contributed by atoms with E-state index >= 15 is 0 Å². The number of benzene rings is 1. The van der Waals surface area contributed by atoms with Gasteiger partial charge in [-0.1, -0.05) is 48.7 Å². The SMILES string of the molecule is Cc1ccc(NC(=O)CSc2ccc(S(=O)(=O)C3CCCCC3)nn2)cc1. The number of nitrogens with zero attached hydrogens (tertiary/aromatic N) is 2. The van der Waals surface area contributed by atoms with Crippen LogP contribution in [0.25, 0.3) is 0 Å². The van der Waals surface area contributed by atoms with Gasteiger partial charge >= 0.3 is 0 Å². The molecule has 0 radical (unpaired) electrons. The number of thioether (sulfide) groups is 1. The number of anilines is 1. The summed E-state index contributed by atoms with van der Waals surface area (Å²) in [6.45, 7) is 1.98. The molecule has 1 saturated carbocycles. The Morgan fingerprint density at radius 2 is 1.78 bits per heavy atom. The monoisotopic (exact) mass is 405 g/mol. The van der Waals surface area contributed by atoms with Crippen LogP contribution in [0.3, 0.4) is 0 Å². The molecule has 1 aliphatic rings. The zero-order chi connectivity index (χ0) is 19.3.